The Morgan fingerprint density at radius 3 is 2.49 bits per heavy atom. The van der Waals surface area contributed by atoms with Gasteiger partial charge in [0.15, 0.2) is 17.0 Å². The van der Waals surface area contributed by atoms with Crippen LogP contribution in [0.4, 0.5) is 17.7 Å². The Morgan fingerprint density at radius 2 is 1.74 bits per heavy atom. The number of nitrogens with two attached hydrogens (primary N) is 1. The quantitative estimate of drug-likeness (QED) is 0.336. The summed E-state index contributed by atoms with van der Waals surface area (Å²) >= 11 is 0. The number of rotatable bonds is 5. The number of H-pyrrole nitrogens is 1. The molecule has 4 N–H and O–H groups in total. The summed E-state index contributed by atoms with van der Waals surface area (Å²) in [7, 11) is 1.98. The fraction of sp³-hybridized carbons (Fsp3) is 0.500. The summed E-state index contributed by atoms with van der Waals surface area (Å²) in [5, 5.41) is 3.60. The third-order valence-corrected chi connectivity index (χ3v) is 7.24. The molecule has 3 aromatic heterocycles. The van der Waals surface area contributed by atoms with Crippen LogP contribution in [-0.4, -0.2) is 48.6 Å². The summed E-state index contributed by atoms with van der Waals surface area (Å²) in [5.41, 5.74) is 9.74. The first-order valence-electron chi connectivity index (χ1n) is 12.1. The monoisotopic (exact) mass is 517 g/mol. The molecule has 0 radical (unpaired) electrons. The maximum absolute atomic E-state index is 6.11. The Bertz CT molecular complexity index is 1240. The Morgan fingerprint density at radius 1 is 1.00 bits per heavy atom. The first-order chi connectivity index (χ1) is 16.2. The number of nitrogens with one attached hydrogen (secondary N) is 2. The number of hydrogen-bond donors (Lipinski definition) is 3. The van der Waals surface area contributed by atoms with Crippen LogP contribution in [-0.2, 0) is 0 Å². The molecular weight excluding hydrogens is 485 g/mol. The Kier molecular flexibility index (Phi) is 7.68. The average Bonchev–Trinajstić information content (AvgIpc) is 3.58. The second-order valence-electron chi connectivity index (χ2n) is 9.53. The highest BCUT2D eigenvalue weighted by molar-refractivity contribution is 5.88. The molecule has 9 nitrogen and oxygen atoms in total. The van der Waals surface area contributed by atoms with E-state index >= 15 is 0 Å². The maximum atomic E-state index is 6.11. The summed E-state index contributed by atoms with van der Waals surface area (Å²) in [6.07, 6.45) is 11.0. The molecule has 11 heteroatoms. The normalized spacial score (nSPS) is 20.5. The molecule has 0 atom stereocenters. The number of nitrogens with zero attached hydrogens (tertiary/aromatic N) is 6. The number of benzene rings is 1. The molecule has 4 aromatic rings. The lowest BCUT2D eigenvalue weighted by atomic mass is 9.92. The van der Waals surface area contributed by atoms with Gasteiger partial charge in [0, 0.05) is 25.2 Å². The van der Waals surface area contributed by atoms with E-state index in [0.29, 0.717) is 24.1 Å². The molecule has 2 fully saturated rings. The summed E-state index contributed by atoms with van der Waals surface area (Å²) < 4.78 is 2.25. The molecule has 2 aliphatic carbocycles. The van der Waals surface area contributed by atoms with E-state index in [4.69, 9.17) is 25.7 Å². The molecule has 0 amide bonds. The van der Waals surface area contributed by atoms with Gasteiger partial charge in [-0.05, 0) is 50.7 Å². The third-order valence-electron chi connectivity index (χ3n) is 7.24. The fourth-order valence-electron chi connectivity index (χ4n) is 5.29. The van der Waals surface area contributed by atoms with Gasteiger partial charge in [-0.2, -0.15) is 9.97 Å². The summed E-state index contributed by atoms with van der Waals surface area (Å²) in [4.78, 5) is 24.8. The van der Waals surface area contributed by atoms with E-state index in [-0.39, 0.29) is 24.8 Å². The van der Waals surface area contributed by atoms with Crippen LogP contribution in [0.25, 0.3) is 22.2 Å². The minimum absolute atomic E-state index is 0. The van der Waals surface area contributed by atoms with Crippen LogP contribution in [0, 0.1) is 0 Å². The second kappa shape index (κ2) is 10.6. The number of imidazole rings is 2. The smallest absolute Gasteiger partial charge is 0.227 e. The van der Waals surface area contributed by atoms with E-state index in [1.807, 2.05) is 42.5 Å². The number of para-hydroxylation sites is 2. The zero-order valence-electron chi connectivity index (χ0n) is 19.9. The summed E-state index contributed by atoms with van der Waals surface area (Å²) in [6, 6.07) is 9.15. The molecule has 0 spiro atoms. The number of halogens is 2. The minimum atomic E-state index is 0. The number of hydrogen-bond acceptors (Lipinski definition) is 7. The van der Waals surface area contributed by atoms with Crippen LogP contribution in [0.3, 0.4) is 0 Å². The van der Waals surface area contributed by atoms with Crippen molar-refractivity contribution in [1.82, 2.24) is 29.5 Å². The molecule has 1 aromatic carbocycles. The van der Waals surface area contributed by atoms with Crippen molar-refractivity contribution in [3.8, 4) is 0 Å². The molecule has 0 saturated heterocycles. The summed E-state index contributed by atoms with van der Waals surface area (Å²) in [5.74, 6) is 2.15. The molecule has 2 saturated carbocycles. The average molecular weight is 518 g/mol. The second-order valence-corrected chi connectivity index (χ2v) is 9.53. The third kappa shape index (κ3) is 4.90. The fourth-order valence-corrected chi connectivity index (χ4v) is 5.29. The highest BCUT2D eigenvalue weighted by Gasteiger charge is 2.25. The van der Waals surface area contributed by atoms with Gasteiger partial charge in [-0.3, -0.25) is 4.90 Å². The van der Waals surface area contributed by atoms with E-state index in [2.05, 4.69) is 14.9 Å². The van der Waals surface area contributed by atoms with Crippen LogP contribution in [0.5, 0.6) is 0 Å². The Labute approximate surface area is 217 Å². The molecule has 2 aliphatic rings. The minimum Gasteiger partial charge on any atom is -0.351 e. The predicted molar refractivity (Wildman–Crippen MR) is 145 cm³/mol. The van der Waals surface area contributed by atoms with Crippen molar-refractivity contribution in [3.05, 3.63) is 30.6 Å². The van der Waals surface area contributed by atoms with Gasteiger partial charge >= 0.3 is 0 Å². The molecule has 0 aliphatic heterocycles. The van der Waals surface area contributed by atoms with Crippen LogP contribution < -0.4 is 16.0 Å². The zero-order chi connectivity index (χ0) is 22.4. The van der Waals surface area contributed by atoms with Gasteiger partial charge in [0.2, 0.25) is 11.9 Å². The number of anilines is 3. The molecule has 188 valence electrons. The van der Waals surface area contributed by atoms with E-state index in [0.717, 1.165) is 59.6 Å². The first-order valence-corrected chi connectivity index (χ1v) is 12.1. The van der Waals surface area contributed by atoms with Gasteiger partial charge < -0.3 is 20.6 Å². The zero-order valence-corrected chi connectivity index (χ0v) is 21.5. The van der Waals surface area contributed by atoms with Crippen molar-refractivity contribution < 1.29 is 0 Å². The topological polar surface area (TPSA) is 114 Å². The first kappa shape index (κ1) is 25.5. The van der Waals surface area contributed by atoms with Crippen molar-refractivity contribution in [3.63, 3.8) is 0 Å². The van der Waals surface area contributed by atoms with Crippen molar-refractivity contribution in [2.45, 2.75) is 69.5 Å². The lowest BCUT2D eigenvalue weighted by Gasteiger charge is -2.27. The van der Waals surface area contributed by atoms with Crippen LogP contribution in [0.15, 0.2) is 30.6 Å². The van der Waals surface area contributed by atoms with Gasteiger partial charge in [0.1, 0.15) is 0 Å². The van der Waals surface area contributed by atoms with Crippen molar-refractivity contribution in [2.75, 3.05) is 17.3 Å². The van der Waals surface area contributed by atoms with E-state index < -0.39 is 0 Å². The SMILES string of the molecule is CN(c1nc2ccccc2[nH]1)c1nc(NC2CCC(N)CC2)nc2c1ncn2C1CCCC1.Cl.Cl. The van der Waals surface area contributed by atoms with Gasteiger partial charge in [0.05, 0.1) is 17.4 Å². The standard InChI is InChI=1S/C24H31N9.2ClH/c1-32(24-28-18-8-4-5-9-19(18)29-24)21-20-22(33(14-26-20)17-6-2-3-7-17)31-23(30-21)27-16-12-10-15(25)11-13-16;;/h4-5,8-9,14-17H,2-3,6-7,10-13,25H2,1H3,(H,28,29)(H,27,30,31);2*1H. The molecule has 35 heavy (non-hydrogen) atoms. The Balaban J connectivity index is 0.00000144. The van der Waals surface area contributed by atoms with Crippen LogP contribution in [0.1, 0.15) is 57.4 Å². The number of aromatic amines is 1. The van der Waals surface area contributed by atoms with E-state index in [9.17, 15) is 0 Å². The molecule has 3 heterocycles. The van der Waals surface area contributed by atoms with Gasteiger partial charge in [-0.1, -0.05) is 25.0 Å². The van der Waals surface area contributed by atoms with Crippen LogP contribution in [0.2, 0.25) is 0 Å². The van der Waals surface area contributed by atoms with E-state index in [1.165, 1.54) is 25.7 Å². The van der Waals surface area contributed by atoms with Gasteiger partial charge in [0.25, 0.3) is 0 Å². The van der Waals surface area contributed by atoms with Crippen LogP contribution >= 0.6 is 24.8 Å². The molecular formula is C24H33Cl2N9. The highest BCUT2D eigenvalue weighted by Crippen LogP contribution is 2.35. The highest BCUT2D eigenvalue weighted by atomic mass is 35.5. The van der Waals surface area contributed by atoms with Crippen molar-refractivity contribution in [1.29, 1.82) is 0 Å². The number of fused-ring (bicyclic) bond motifs is 2. The molecule has 0 bridgehead atoms. The molecule has 0 unspecified atom stereocenters. The molecule has 6 rings (SSSR count). The maximum Gasteiger partial charge on any atom is 0.227 e. The summed E-state index contributed by atoms with van der Waals surface area (Å²) in [6.45, 7) is 0. The largest absolute Gasteiger partial charge is 0.351 e. The number of aromatic nitrogens is 6. The lowest BCUT2D eigenvalue weighted by Crippen LogP contribution is -2.33. The van der Waals surface area contributed by atoms with Gasteiger partial charge in [-0.15, -0.1) is 24.8 Å². The van der Waals surface area contributed by atoms with E-state index in [1.54, 1.807) is 0 Å². The van der Waals surface area contributed by atoms with Gasteiger partial charge in [-0.25, -0.2) is 9.97 Å². The van der Waals surface area contributed by atoms with Crippen molar-refractivity contribution >= 4 is 64.7 Å². The van der Waals surface area contributed by atoms with Crippen molar-refractivity contribution in [2.24, 2.45) is 5.73 Å². The Hall–Kier alpha value is -2.62. The predicted octanol–water partition coefficient (Wildman–Crippen LogP) is 5.11. The lowest BCUT2D eigenvalue weighted by molar-refractivity contribution is 0.410.